The molecule has 2 aromatic carbocycles. The third-order valence-corrected chi connectivity index (χ3v) is 6.49. The van der Waals surface area contributed by atoms with E-state index in [9.17, 15) is 4.79 Å². The Morgan fingerprint density at radius 2 is 1.61 bits per heavy atom. The van der Waals surface area contributed by atoms with Crippen LogP contribution in [0.2, 0.25) is 0 Å². The van der Waals surface area contributed by atoms with Crippen molar-refractivity contribution in [1.82, 2.24) is 24.6 Å². The number of anilines is 1. The van der Waals surface area contributed by atoms with Gasteiger partial charge in [0.25, 0.3) is 0 Å². The predicted molar refractivity (Wildman–Crippen MR) is 143 cm³/mol. The van der Waals surface area contributed by atoms with E-state index in [1.54, 1.807) is 0 Å². The van der Waals surface area contributed by atoms with E-state index < -0.39 is 0 Å². The zero-order chi connectivity index (χ0) is 25.1. The van der Waals surface area contributed by atoms with Gasteiger partial charge in [0.05, 0.1) is 17.3 Å². The van der Waals surface area contributed by atoms with Crippen LogP contribution in [0.3, 0.4) is 0 Å². The smallest absolute Gasteiger partial charge is 0.223 e. The van der Waals surface area contributed by atoms with Gasteiger partial charge in [-0.05, 0) is 29.5 Å². The van der Waals surface area contributed by atoms with Crippen LogP contribution in [-0.4, -0.2) is 56.7 Å². The van der Waals surface area contributed by atoms with Gasteiger partial charge in [0.1, 0.15) is 11.6 Å². The molecular formula is C29H34N6O. The van der Waals surface area contributed by atoms with Crippen molar-refractivity contribution < 1.29 is 4.79 Å². The summed E-state index contributed by atoms with van der Waals surface area (Å²) in [6.45, 7) is 9.40. The van der Waals surface area contributed by atoms with Gasteiger partial charge in [-0.1, -0.05) is 69.3 Å². The maximum absolute atomic E-state index is 12.9. The van der Waals surface area contributed by atoms with Crippen LogP contribution in [0.5, 0.6) is 0 Å². The molecule has 7 heteroatoms. The second-order valence-electron chi connectivity index (χ2n) is 10.7. The average molecular weight is 483 g/mol. The van der Waals surface area contributed by atoms with Crippen molar-refractivity contribution in [3.63, 3.8) is 0 Å². The normalized spacial score (nSPS) is 14.8. The first-order valence-corrected chi connectivity index (χ1v) is 12.7. The second kappa shape index (κ2) is 10.1. The van der Waals surface area contributed by atoms with Crippen molar-refractivity contribution in [3.05, 3.63) is 78.2 Å². The first-order valence-electron chi connectivity index (χ1n) is 12.7. The number of aromatic nitrogens is 4. The number of para-hydroxylation sites is 1. The van der Waals surface area contributed by atoms with Crippen LogP contribution in [0.1, 0.15) is 45.0 Å². The van der Waals surface area contributed by atoms with E-state index in [0.717, 1.165) is 54.4 Å². The Hall–Kier alpha value is -3.74. The van der Waals surface area contributed by atoms with Crippen molar-refractivity contribution in [2.75, 3.05) is 31.1 Å². The molecule has 0 bridgehead atoms. The number of hydrogen-bond acceptors (Lipinski definition) is 5. The van der Waals surface area contributed by atoms with Crippen molar-refractivity contribution in [2.24, 2.45) is 5.41 Å². The molecular weight excluding hydrogens is 448 g/mol. The number of carbonyl (C=O) groups excluding carboxylic acids is 1. The Labute approximate surface area is 212 Å². The molecule has 186 valence electrons. The molecule has 0 spiro atoms. The molecule has 0 aliphatic carbocycles. The largest absolute Gasteiger partial charge is 0.354 e. The van der Waals surface area contributed by atoms with Gasteiger partial charge >= 0.3 is 0 Å². The molecule has 0 unspecified atom stereocenters. The van der Waals surface area contributed by atoms with Gasteiger partial charge < -0.3 is 9.80 Å². The van der Waals surface area contributed by atoms with E-state index in [-0.39, 0.29) is 11.3 Å². The van der Waals surface area contributed by atoms with Gasteiger partial charge in [0.15, 0.2) is 5.65 Å². The maximum Gasteiger partial charge on any atom is 0.223 e. The third-order valence-electron chi connectivity index (χ3n) is 6.49. The van der Waals surface area contributed by atoms with E-state index in [1.807, 2.05) is 64.3 Å². The summed E-state index contributed by atoms with van der Waals surface area (Å²) in [5, 5.41) is 5.63. The van der Waals surface area contributed by atoms with Crippen molar-refractivity contribution in [3.8, 4) is 5.69 Å². The molecule has 0 N–H and O–H groups in total. The van der Waals surface area contributed by atoms with Crippen LogP contribution in [0.25, 0.3) is 16.7 Å². The summed E-state index contributed by atoms with van der Waals surface area (Å²) < 4.78 is 1.89. The summed E-state index contributed by atoms with van der Waals surface area (Å²) in [5.41, 5.74) is 2.93. The molecule has 36 heavy (non-hydrogen) atoms. The summed E-state index contributed by atoms with van der Waals surface area (Å²) in [6.07, 6.45) is 3.99. The van der Waals surface area contributed by atoms with Gasteiger partial charge in [0, 0.05) is 39.0 Å². The van der Waals surface area contributed by atoms with E-state index in [2.05, 4.69) is 37.8 Å². The van der Waals surface area contributed by atoms with Crippen LogP contribution < -0.4 is 4.90 Å². The number of carbonyl (C=O) groups is 1. The lowest BCUT2D eigenvalue weighted by molar-refractivity contribution is -0.132. The lowest BCUT2D eigenvalue weighted by Crippen LogP contribution is -2.37. The Balaban J connectivity index is 1.49. The van der Waals surface area contributed by atoms with Crippen LogP contribution in [0.15, 0.2) is 66.9 Å². The first-order chi connectivity index (χ1) is 17.4. The monoisotopic (exact) mass is 482 g/mol. The fourth-order valence-electron chi connectivity index (χ4n) is 4.74. The highest BCUT2D eigenvalue weighted by molar-refractivity contribution is 5.88. The first kappa shape index (κ1) is 24.0. The highest BCUT2D eigenvalue weighted by atomic mass is 16.2. The number of amides is 1. The predicted octanol–water partition coefficient (Wildman–Crippen LogP) is 4.88. The van der Waals surface area contributed by atoms with Crippen molar-refractivity contribution >= 4 is 22.8 Å². The molecule has 3 heterocycles. The van der Waals surface area contributed by atoms with Crippen molar-refractivity contribution in [1.29, 1.82) is 0 Å². The van der Waals surface area contributed by atoms with Gasteiger partial charge in [-0.3, -0.25) is 4.79 Å². The fraction of sp³-hybridized carbons (Fsp3) is 0.379. The lowest BCUT2D eigenvalue weighted by atomic mass is 9.91. The molecule has 1 saturated heterocycles. The Morgan fingerprint density at radius 1 is 0.889 bits per heavy atom. The summed E-state index contributed by atoms with van der Waals surface area (Å²) >= 11 is 0. The van der Waals surface area contributed by atoms with Crippen LogP contribution >= 0.6 is 0 Å². The molecule has 0 saturated carbocycles. The topological polar surface area (TPSA) is 67.2 Å². The Kier molecular flexibility index (Phi) is 6.72. The summed E-state index contributed by atoms with van der Waals surface area (Å²) in [4.78, 5) is 27.3. The molecule has 0 atom stereocenters. The fourth-order valence-corrected chi connectivity index (χ4v) is 4.74. The minimum atomic E-state index is -0.0136. The minimum Gasteiger partial charge on any atom is -0.354 e. The SMILES string of the molecule is CC(C)(C)CC(=O)N1CCCN(c2nc(Cc3ccccc3)nc3c2cnn3-c2ccccc2)CC1. The number of fused-ring (bicyclic) bond motifs is 1. The zero-order valence-corrected chi connectivity index (χ0v) is 21.4. The Bertz CT molecular complexity index is 1330. The van der Waals surface area contributed by atoms with Crippen LogP contribution in [0, 0.1) is 5.41 Å². The molecule has 2 aromatic heterocycles. The highest BCUT2D eigenvalue weighted by Gasteiger charge is 2.26. The molecule has 4 aromatic rings. The molecule has 7 nitrogen and oxygen atoms in total. The molecule has 1 aliphatic rings. The number of nitrogens with zero attached hydrogens (tertiary/aromatic N) is 6. The molecule has 1 amide bonds. The quantitative estimate of drug-likeness (QED) is 0.406. The lowest BCUT2D eigenvalue weighted by Gasteiger charge is -2.26. The van der Waals surface area contributed by atoms with Gasteiger partial charge in [-0.15, -0.1) is 0 Å². The van der Waals surface area contributed by atoms with E-state index >= 15 is 0 Å². The molecule has 1 aliphatic heterocycles. The van der Waals surface area contributed by atoms with Crippen molar-refractivity contribution in [2.45, 2.75) is 40.0 Å². The standard InChI is InChI=1S/C29H34N6O/c1-29(2,3)20-26(36)33-15-10-16-34(18-17-33)27-24-21-30-35(23-13-8-5-9-14-23)28(24)32-25(31-27)19-22-11-6-4-7-12-22/h4-9,11-14,21H,10,15-20H2,1-3H3. The highest BCUT2D eigenvalue weighted by Crippen LogP contribution is 2.28. The molecule has 5 rings (SSSR count). The summed E-state index contributed by atoms with van der Waals surface area (Å²) in [6, 6.07) is 20.4. The van der Waals surface area contributed by atoms with Gasteiger partial charge in [-0.2, -0.15) is 5.10 Å². The van der Waals surface area contributed by atoms with E-state index in [4.69, 9.17) is 15.1 Å². The Morgan fingerprint density at radius 3 is 2.33 bits per heavy atom. The van der Waals surface area contributed by atoms with E-state index in [0.29, 0.717) is 19.4 Å². The average Bonchev–Trinajstić information content (AvgIpc) is 3.12. The molecule has 1 fully saturated rings. The van der Waals surface area contributed by atoms with E-state index in [1.165, 1.54) is 5.56 Å². The third kappa shape index (κ3) is 5.40. The van der Waals surface area contributed by atoms with Gasteiger partial charge in [-0.25, -0.2) is 14.6 Å². The van der Waals surface area contributed by atoms with Crippen LogP contribution in [-0.2, 0) is 11.2 Å². The number of benzene rings is 2. The van der Waals surface area contributed by atoms with Crippen LogP contribution in [0.4, 0.5) is 5.82 Å². The number of hydrogen-bond donors (Lipinski definition) is 0. The van der Waals surface area contributed by atoms with Gasteiger partial charge in [0.2, 0.25) is 5.91 Å². The maximum atomic E-state index is 12.9. The minimum absolute atomic E-state index is 0.0136. The molecule has 0 radical (unpaired) electrons. The summed E-state index contributed by atoms with van der Waals surface area (Å²) in [5.74, 6) is 1.91. The summed E-state index contributed by atoms with van der Waals surface area (Å²) in [7, 11) is 0. The zero-order valence-electron chi connectivity index (χ0n) is 21.4. The number of rotatable bonds is 5. The second-order valence-corrected chi connectivity index (χ2v) is 10.7.